The zero-order chi connectivity index (χ0) is 7.98. The number of carbonyl (C=O) groups excluding carboxylic acids is 1. The van der Waals surface area contributed by atoms with Gasteiger partial charge in [-0.15, -0.1) is 0 Å². The molecule has 0 atom stereocenters. The van der Waals surface area contributed by atoms with E-state index in [1.165, 1.54) is 0 Å². The third kappa shape index (κ3) is 3.06. The number of hydrogen-bond donors (Lipinski definition) is 1. The van der Waals surface area contributed by atoms with Crippen molar-refractivity contribution in [2.24, 2.45) is 10.9 Å². The molecule has 0 spiro atoms. The molecule has 0 saturated heterocycles. The summed E-state index contributed by atoms with van der Waals surface area (Å²) in [5.74, 6) is 0.900. The van der Waals surface area contributed by atoms with E-state index in [-0.39, 0.29) is 5.92 Å². The van der Waals surface area contributed by atoms with Gasteiger partial charge in [0.05, 0.1) is 0 Å². The van der Waals surface area contributed by atoms with Crippen LogP contribution in [0.3, 0.4) is 0 Å². The maximum Gasteiger partial charge on any atom is 0.320 e. The molecule has 4 nitrogen and oxygen atoms in total. The third-order valence-electron chi connectivity index (χ3n) is 0.999. The van der Waals surface area contributed by atoms with E-state index in [0.29, 0.717) is 12.3 Å². The molecule has 58 valence electrons. The average Bonchev–Trinajstić information content (AvgIpc) is 1.89. The van der Waals surface area contributed by atoms with E-state index in [2.05, 4.69) is 15.3 Å². The molecule has 0 aliphatic carbocycles. The molecule has 10 heavy (non-hydrogen) atoms. The molecule has 4 heteroatoms. The number of nitrogens with zero attached hydrogens (tertiary/aromatic N) is 1. The summed E-state index contributed by atoms with van der Waals surface area (Å²) in [6.07, 6.45) is 0. The second kappa shape index (κ2) is 4.78. The van der Waals surface area contributed by atoms with Gasteiger partial charge in [0, 0.05) is 13.0 Å². The number of nitrogens with one attached hydrogen (secondary N) is 1. The fourth-order valence-corrected chi connectivity index (χ4v) is 0.506. The van der Waals surface area contributed by atoms with Crippen LogP contribution in [0.2, 0.25) is 0 Å². The molecule has 1 N–H and O–H groups in total. The van der Waals surface area contributed by atoms with Crippen LogP contribution in [0.1, 0.15) is 13.8 Å². The number of aliphatic imine (C=N–C) groups is 1. The Morgan fingerprint density at radius 3 is 2.60 bits per heavy atom. The molecule has 0 bridgehead atoms. The lowest BCUT2D eigenvalue weighted by molar-refractivity contribution is -0.132. The first-order chi connectivity index (χ1) is 4.72. The van der Waals surface area contributed by atoms with Crippen LogP contribution in [0.15, 0.2) is 4.99 Å². The van der Waals surface area contributed by atoms with Crippen molar-refractivity contribution < 1.29 is 9.63 Å². The molecular formula is C6H12N2O2. The minimum absolute atomic E-state index is 0.241. The highest BCUT2D eigenvalue weighted by Gasteiger charge is 2.01. The average molecular weight is 144 g/mol. The van der Waals surface area contributed by atoms with E-state index in [1.54, 1.807) is 7.05 Å². The fraction of sp³-hybridized carbons (Fsp3) is 0.667. The Morgan fingerprint density at radius 2 is 2.30 bits per heavy atom. The first-order valence-corrected chi connectivity index (χ1v) is 3.04. The predicted molar refractivity (Wildman–Crippen MR) is 38.5 cm³/mol. The minimum atomic E-state index is 0.241. The maximum atomic E-state index is 9.71. The van der Waals surface area contributed by atoms with Gasteiger partial charge in [-0.25, -0.2) is 5.48 Å². The van der Waals surface area contributed by atoms with Crippen LogP contribution in [0.25, 0.3) is 0 Å². The van der Waals surface area contributed by atoms with Crippen LogP contribution in [0.5, 0.6) is 0 Å². The number of hydroxylamine groups is 1. The molecule has 0 amide bonds. The standard InChI is InChI=1S/C6H12N2O2/c1-5(2)6(7-3)8-10-4-9/h4-5H,1-3H3,(H,7,8). The Kier molecular flexibility index (Phi) is 4.28. The second-order valence-corrected chi connectivity index (χ2v) is 2.08. The second-order valence-electron chi connectivity index (χ2n) is 2.08. The molecular weight excluding hydrogens is 132 g/mol. The molecule has 0 rings (SSSR count). The lowest BCUT2D eigenvalue weighted by Crippen LogP contribution is -2.27. The quantitative estimate of drug-likeness (QED) is 0.269. The van der Waals surface area contributed by atoms with E-state index in [1.807, 2.05) is 13.8 Å². The lowest BCUT2D eigenvalue weighted by atomic mass is 10.2. The van der Waals surface area contributed by atoms with Crippen molar-refractivity contribution in [2.75, 3.05) is 7.05 Å². The van der Waals surface area contributed by atoms with E-state index in [4.69, 9.17) is 0 Å². The first kappa shape index (κ1) is 8.94. The van der Waals surface area contributed by atoms with Crippen LogP contribution in [-0.4, -0.2) is 19.4 Å². The molecule has 0 aliphatic heterocycles. The Bertz CT molecular complexity index is 132. The largest absolute Gasteiger partial charge is 0.346 e. The number of amidine groups is 1. The van der Waals surface area contributed by atoms with Gasteiger partial charge in [0.25, 0.3) is 0 Å². The zero-order valence-corrected chi connectivity index (χ0v) is 6.42. The Labute approximate surface area is 60.2 Å². The molecule has 0 aliphatic rings. The van der Waals surface area contributed by atoms with Gasteiger partial charge >= 0.3 is 6.47 Å². The Balaban J connectivity index is 3.73. The molecule has 0 radical (unpaired) electrons. The highest BCUT2D eigenvalue weighted by Crippen LogP contribution is 1.92. The molecule has 0 aromatic heterocycles. The number of rotatable bonds is 3. The van der Waals surface area contributed by atoms with Crippen molar-refractivity contribution in [3.8, 4) is 0 Å². The summed E-state index contributed by atoms with van der Waals surface area (Å²) in [6, 6.07) is 0. The normalized spacial score (nSPS) is 11.4. The summed E-state index contributed by atoms with van der Waals surface area (Å²) in [4.78, 5) is 17.8. The van der Waals surface area contributed by atoms with Gasteiger partial charge in [-0.3, -0.25) is 9.79 Å². The molecule has 0 unspecified atom stereocenters. The van der Waals surface area contributed by atoms with Gasteiger partial charge in [-0.1, -0.05) is 13.8 Å². The third-order valence-corrected chi connectivity index (χ3v) is 0.999. The summed E-state index contributed by atoms with van der Waals surface area (Å²) < 4.78 is 0. The predicted octanol–water partition coefficient (Wildman–Crippen LogP) is 0.348. The van der Waals surface area contributed by atoms with Crippen LogP contribution in [-0.2, 0) is 9.63 Å². The monoisotopic (exact) mass is 144 g/mol. The summed E-state index contributed by atoms with van der Waals surface area (Å²) >= 11 is 0. The summed E-state index contributed by atoms with van der Waals surface area (Å²) in [6.45, 7) is 4.22. The van der Waals surface area contributed by atoms with Crippen molar-refractivity contribution in [3.63, 3.8) is 0 Å². The van der Waals surface area contributed by atoms with E-state index in [0.717, 1.165) is 0 Å². The van der Waals surface area contributed by atoms with Crippen LogP contribution < -0.4 is 5.48 Å². The van der Waals surface area contributed by atoms with Gasteiger partial charge in [0.15, 0.2) is 0 Å². The Morgan fingerprint density at radius 1 is 1.70 bits per heavy atom. The fourth-order valence-electron chi connectivity index (χ4n) is 0.506. The summed E-state index contributed by atoms with van der Waals surface area (Å²) in [5.41, 5.74) is 2.40. The van der Waals surface area contributed by atoms with Crippen LogP contribution in [0, 0.1) is 5.92 Å². The summed E-state index contributed by atoms with van der Waals surface area (Å²) in [7, 11) is 1.64. The maximum absolute atomic E-state index is 9.71. The molecule has 0 fully saturated rings. The van der Waals surface area contributed by atoms with Gasteiger partial charge in [0.2, 0.25) is 0 Å². The topological polar surface area (TPSA) is 50.7 Å². The smallest absolute Gasteiger partial charge is 0.320 e. The van der Waals surface area contributed by atoms with Crippen LogP contribution in [0.4, 0.5) is 0 Å². The van der Waals surface area contributed by atoms with E-state index >= 15 is 0 Å². The lowest BCUT2D eigenvalue weighted by Gasteiger charge is -2.08. The van der Waals surface area contributed by atoms with Crippen molar-refractivity contribution in [2.45, 2.75) is 13.8 Å². The first-order valence-electron chi connectivity index (χ1n) is 3.04. The van der Waals surface area contributed by atoms with E-state index in [9.17, 15) is 4.79 Å². The zero-order valence-electron chi connectivity index (χ0n) is 6.42. The SMILES string of the molecule is CN=C(NOC=O)C(C)C. The molecule has 0 heterocycles. The van der Waals surface area contributed by atoms with Gasteiger partial charge in [-0.2, -0.15) is 0 Å². The van der Waals surface area contributed by atoms with Crippen molar-refractivity contribution in [1.82, 2.24) is 5.48 Å². The Hall–Kier alpha value is -1.06. The van der Waals surface area contributed by atoms with Crippen molar-refractivity contribution in [3.05, 3.63) is 0 Å². The van der Waals surface area contributed by atoms with Gasteiger partial charge < -0.3 is 4.84 Å². The number of carbonyl (C=O) groups is 1. The van der Waals surface area contributed by atoms with Crippen molar-refractivity contribution in [1.29, 1.82) is 0 Å². The highest BCUT2D eigenvalue weighted by molar-refractivity contribution is 5.83. The molecule has 0 saturated carbocycles. The van der Waals surface area contributed by atoms with Crippen LogP contribution >= 0.6 is 0 Å². The van der Waals surface area contributed by atoms with Gasteiger partial charge in [0.1, 0.15) is 5.84 Å². The van der Waals surface area contributed by atoms with E-state index < -0.39 is 0 Å². The van der Waals surface area contributed by atoms with Crippen molar-refractivity contribution >= 4 is 12.3 Å². The molecule has 0 aromatic carbocycles. The van der Waals surface area contributed by atoms with Gasteiger partial charge in [-0.05, 0) is 0 Å². The minimum Gasteiger partial charge on any atom is -0.346 e. The number of hydrogen-bond acceptors (Lipinski definition) is 3. The summed E-state index contributed by atoms with van der Waals surface area (Å²) in [5, 5.41) is 0. The highest BCUT2D eigenvalue weighted by atomic mass is 16.7. The molecule has 0 aromatic rings.